The van der Waals surface area contributed by atoms with Crippen molar-refractivity contribution >= 4 is 0 Å². The van der Waals surface area contributed by atoms with Crippen LogP contribution in [0.25, 0.3) is 0 Å². The van der Waals surface area contributed by atoms with Crippen LogP contribution >= 0.6 is 0 Å². The third-order valence-electron chi connectivity index (χ3n) is 2.89. The summed E-state index contributed by atoms with van der Waals surface area (Å²) in [5.41, 5.74) is 0. The number of likely N-dealkylation sites (tertiary alicyclic amines) is 1. The topological polar surface area (TPSA) is 43.7 Å². The maximum Gasteiger partial charge on any atom is 0.154 e. The van der Waals surface area contributed by atoms with E-state index < -0.39 is 6.29 Å². The minimum Gasteiger partial charge on any atom is -0.368 e. The first-order chi connectivity index (χ1) is 5.65. The van der Waals surface area contributed by atoms with Gasteiger partial charge in [-0.3, -0.25) is 0 Å². The molecule has 2 unspecified atom stereocenters. The zero-order valence-electron chi connectivity index (χ0n) is 7.90. The average molecular weight is 173 g/mol. The lowest BCUT2D eigenvalue weighted by Gasteiger charge is -2.23. The Morgan fingerprint density at radius 1 is 1.50 bits per heavy atom. The summed E-state index contributed by atoms with van der Waals surface area (Å²) in [5, 5.41) is 18.2. The van der Waals surface area contributed by atoms with Crippen LogP contribution in [0, 0.1) is 11.8 Å². The molecule has 2 atom stereocenters. The van der Waals surface area contributed by atoms with E-state index in [2.05, 4.69) is 11.9 Å². The van der Waals surface area contributed by atoms with E-state index in [-0.39, 0.29) is 5.92 Å². The van der Waals surface area contributed by atoms with Gasteiger partial charge in [-0.15, -0.1) is 0 Å². The molecule has 0 saturated carbocycles. The third-order valence-corrected chi connectivity index (χ3v) is 2.89. The molecule has 72 valence electrons. The average Bonchev–Trinajstić information content (AvgIpc) is 2.37. The van der Waals surface area contributed by atoms with Crippen molar-refractivity contribution in [3.05, 3.63) is 0 Å². The first-order valence-electron chi connectivity index (χ1n) is 4.69. The Hall–Kier alpha value is -0.120. The second kappa shape index (κ2) is 4.21. The highest BCUT2D eigenvalue weighted by Gasteiger charge is 2.30. The van der Waals surface area contributed by atoms with E-state index >= 15 is 0 Å². The van der Waals surface area contributed by atoms with Gasteiger partial charge in [-0.25, -0.2) is 0 Å². The molecule has 1 aliphatic rings. The molecular formula is C9H19NO2. The smallest absolute Gasteiger partial charge is 0.154 e. The van der Waals surface area contributed by atoms with Crippen molar-refractivity contribution < 1.29 is 10.2 Å². The Morgan fingerprint density at radius 3 is 2.50 bits per heavy atom. The van der Waals surface area contributed by atoms with E-state index in [0.717, 1.165) is 25.9 Å². The van der Waals surface area contributed by atoms with Gasteiger partial charge in [-0.1, -0.05) is 6.92 Å². The van der Waals surface area contributed by atoms with Crippen LogP contribution in [0.3, 0.4) is 0 Å². The number of hydrogen-bond acceptors (Lipinski definition) is 3. The Bertz CT molecular complexity index is 138. The molecule has 1 aliphatic heterocycles. The predicted octanol–water partition coefficient (Wildman–Crippen LogP) is 0.275. The van der Waals surface area contributed by atoms with E-state index in [1.807, 2.05) is 6.92 Å². The van der Waals surface area contributed by atoms with Crippen LogP contribution in [-0.4, -0.2) is 41.5 Å². The van der Waals surface area contributed by atoms with Crippen LogP contribution in [0.15, 0.2) is 0 Å². The van der Waals surface area contributed by atoms with Gasteiger partial charge in [0.1, 0.15) is 0 Å². The highest BCUT2D eigenvalue weighted by molar-refractivity contribution is 4.79. The van der Waals surface area contributed by atoms with E-state index in [9.17, 15) is 0 Å². The summed E-state index contributed by atoms with van der Waals surface area (Å²) in [6.07, 6.45) is 0.828. The molecule has 0 aliphatic carbocycles. The van der Waals surface area contributed by atoms with Gasteiger partial charge in [0.05, 0.1) is 0 Å². The summed E-state index contributed by atoms with van der Waals surface area (Å²) in [7, 11) is 2.08. The monoisotopic (exact) mass is 173 g/mol. The van der Waals surface area contributed by atoms with Crippen molar-refractivity contribution in [3.63, 3.8) is 0 Å². The second-order valence-electron chi connectivity index (χ2n) is 3.80. The van der Waals surface area contributed by atoms with E-state index in [1.165, 1.54) is 0 Å². The Labute approximate surface area is 74.0 Å². The van der Waals surface area contributed by atoms with Crippen LogP contribution in [-0.2, 0) is 0 Å². The molecule has 0 radical (unpaired) electrons. The number of aliphatic hydroxyl groups excluding tert-OH is 1. The van der Waals surface area contributed by atoms with Crippen molar-refractivity contribution in [2.45, 2.75) is 26.1 Å². The summed E-state index contributed by atoms with van der Waals surface area (Å²) in [6, 6.07) is 0. The zero-order chi connectivity index (χ0) is 9.14. The van der Waals surface area contributed by atoms with E-state index in [4.69, 9.17) is 10.2 Å². The third kappa shape index (κ3) is 2.19. The minimum atomic E-state index is -1.13. The lowest BCUT2D eigenvalue weighted by Crippen LogP contribution is -2.28. The molecule has 12 heavy (non-hydrogen) atoms. The molecule has 3 heteroatoms. The molecule has 1 rings (SSSR count). The standard InChI is InChI=1S/C9H19NO2/c1-3-8(9(11)12)7-4-5-10(2)6-7/h7-9,11-12H,3-6H2,1-2H3. The fraction of sp³-hybridized carbons (Fsp3) is 1.00. The fourth-order valence-electron chi connectivity index (χ4n) is 2.11. The molecule has 2 N–H and O–H groups in total. The lowest BCUT2D eigenvalue weighted by atomic mass is 9.89. The minimum absolute atomic E-state index is 0.0648. The van der Waals surface area contributed by atoms with Crippen molar-refractivity contribution in [1.82, 2.24) is 4.90 Å². The molecule has 0 aromatic rings. The summed E-state index contributed by atoms with van der Waals surface area (Å²) in [5.74, 6) is 0.537. The molecular weight excluding hydrogens is 154 g/mol. The van der Waals surface area contributed by atoms with Gasteiger partial charge in [0.2, 0.25) is 0 Å². The van der Waals surface area contributed by atoms with Crippen molar-refractivity contribution in [1.29, 1.82) is 0 Å². The molecule has 3 nitrogen and oxygen atoms in total. The van der Waals surface area contributed by atoms with Gasteiger partial charge in [0.25, 0.3) is 0 Å². The van der Waals surface area contributed by atoms with Crippen LogP contribution in [0.1, 0.15) is 19.8 Å². The summed E-state index contributed by atoms with van der Waals surface area (Å²) < 4.78 is 0. The van der Waals surface area contributed by atoms with Gasteiger partial charge < -0.3 is 15.1 Å². The molecule has 0 spiro atoms. The molecule has 0 bridgehead atoms. The molecule has 1 heterocycles. The fourth-order valence-corrected chi connectivity index (χ4v) is 2.11. The quantitative estimate of drug-likeness (QED) is 0.602. The van der Waals surface area contributed by atoms with Gasteiger partial charge >= 0.3 is 0 Å². The van der Waals surface area contributed by atoms with Gasteiger partial charge in [-0.2, -0.15) is 0 Å². The predicted molar refractivity (Wildman–Crippen MR) is 47.6 cm³/mol. The first-order valence-corrected chi connectivity index (χ1v) is 4.69. The van der Waals surface area contributed by atoms with Crippen LogP contribution < -0.4 is 0 Å². The lowest BCUT2D eigenvalue weighted by molar-refractivity contribution is -0.0998. The molecule has 0 amide bonds. The van der Waals surface area contributed by atoms with Crippen LogP contribution in [0.4, 0.5) is 0 Å². The van der Waals surface area contributed by atoms with E-state index in [1.54, 1.807) is 0 Å². The Morgan fingerprint density at radius 2 is 2.17 bits per heavy atom. The number of aliphatic hydroxyl groups is 2. The highest BCUT2D eigenvalue weighted by Crippen LogP contribution is 2.27. The summed E-state index contributed by atoms with van der Waals surface area (Å²) in [4.78, 5) is 2.25. The SMILES string of the molecule is CCC(C(O)O)C1CCN(C)C1. The first kappa shape index (κ1) is 9.96. The summed E-state index contributed by atoms with van der Waals surface area (Å²) >= 11 is 0. The molecule has 1 saturated heterocycles. The van der Waals surface area contributed by atoms with Gasteiger partial charge in [-0.05, 0) is 32.4 Å². The van der Waals surface area contributed by atoms with Crippen molar-refractivity contribution in [3.8, 4) is 0 Å². The number of nitrogens with zero attached hydrogens (tertiary/aromatic N) is 1. The largest absolute Gasteiger partial charge is 0.368 e. The molecule has 0 aromatic carbocycles. The van der Waals surface area contributed by atoms with Gasteiger partial charge in [0.15, 0.2) is 6.29 Å². The molecule has 1 fully saturated rings. The summed E-state index contributed by atoms with van der Waals surface area (Å²) in [6.45, 7) is 4.12. The van der Waals surface area contributed by atoms with Crippen molar-refractivity contribution in [2.75, 3.05) is 20.1 Å². The maximum absolute atomic E-state index is 9.10. The van der Waals surface area contributed by atoms with Crippen molar-refractivity contribution in [2.24, 2.45) is 11.8 Å². The maximum atomic E-state index is 9.10. The second-order valence-corrected chi connectivity index (χ2v) is 3.80. The normalized spacial score (nSPS) is 28.2. The van der Waals surface area contributed by atoms with Gasteiger partial charge in [0, 0.05) is 12.5 Å². The van der Waals surface area contributed by atoms with Crippen LogP contribution in [0.5, 0.6) is 0 Å². The highest BCUT2D eigenvalue weighted by atomic mass is 16.5. The molecule has 0 aromatic heterocycles. The number of hydrogen-bond donors (Lipinski definition) is 2. The number of rotatable bonds is 3. The van der Waals surface area contributed by atoms with Crippen LogP contribution in [0.2, 0.25) is 0 Å². The zero-order valence-corrected chi connectivity index (χ0v) is 7.90. The van der Waals surface area contributed by atoms with E-state index in [0.29, 0.717) is 5.92 Å². The Kier molecular flexibility index (Phi) is 3.50. The Balaban J connectivity index is 2.44.